The van der Waals surface area contributed by atoms with Crippen molar-refractivity contribution in [1.82, 2.24) is 0 Å². The van der Waals surface area contributed by atoms with Gasteiger partial charge in [0.15, 0.2) is 0 Å². The molecule has 0 aromatic heterocycles. The normalized spacial score (nSPS) is 49.7. The van der Waals surface area contributed by atoms with Crippen LogP contribution in [-0.4, -0.2) is 6.18 Å². The fourth-order valence-corrected chi connectivity index (χ4v) is 39.6. The zero-order valence-corrected chi connectivity index (χ0v) is 21.3. The van der Waals surface area contributed by atoms with E-state index in [1.165, 1.54) is 96.3 Å². The van der Waals surface area contributed by atoms with E-state index in [1.807, 2.05) is 6.08 Å². The van der Waals surface area contributed by atoms with Crippen molar-refractivity contribution in [3.8, 4) is 0 Å². The standard InChI is InChI=1S/3C7H11.C6H4F3.Zr/c3*1-2-7-4-3-6(1)5-7;7-6(8,9)5-3-1-2-4-5;/h3*6H,1-5H2;1,3H,2H2;. The van der Waals surface area contributed by atoms with Crippen LogP contribution in [0, 0.1) is 17.8 Å². The van der Waals surface area contributed by atoms with Crippen molar-refractivity contribution in [3.63, 3.8) is 0 Å². The Morgan fingerprint density at radius 1 is 0.677 bits per heavy atom. The number of rotatable bonds is 4. The molecule has 6 saturated carbocycles. The van der Waals surface area contributed by atoms with Crippen LogP contribution in [0.2, 0.25) is 9.37 Å². The van der Waals surface area contributed by atoms with Gasteiger partial charge in [-0.3, -0.25) is 0 Å². The summed E-state index contributed by atoms with van der Waals surface area (Å²) in [4.78, 5) is 0. The molecule has 170 valence electrons. The predicted molar refractivity (Wildman–Crippen MR) is 115 cm³/mol. The Labute approximate surface area is 189 Å². The average molecular weight is 510 g/mol. The van der Waals surface area contributed by atoms with Crippen molar-refractivity contribution >= 4 is 0 Å². The second-order valence-corrected chi connectivity index (χ2v) is 26.0. The van der Waals surface area contributed by atoms with Crippen molar-refractivity contribution in [2.24, 2.45) is 17.8 Å². The number of halogens is 3. The molecule has 31 heavy (non-hydrogen) atoms. The van der Waals surface area contributed by atoms with Gasteiger partial charge in [-0.15, -0.1) is 0 Å². The van der Waals surface area contributed by atoms with E-state index in [0.29, 0.717) is 15.8 Å². The molecule has 0 saturated heterocycles. The summed E-state index contributed by atoms with van der Waals surface area (Å²) in [5.41, 5.74) is -0.109. The molecular weight excluding hydrogens is 473 g/mol. The molecular formula is C27H37F3Zr. The van der Waals surface area contributed by atoms with Crippen LogP contribution < -0.4 is 0 Å². The van der Waals surface area contributed by atoms with Crippen molar-refractivity contribution in [1.29, 1.82) is 0 Å². The molecule has 0 aromatic rings. The number of hydrogen-bond acceptors (Lipinski definition) is 0. The Balaban J connectivity index is 1.56. The summed E-state index contributed by atoms with van der Waals surface area (Å²) in [6.07, 6.45) is 19.8. The maximum absolute atomic E-state index is 14.6. The molecule has 0 N–H and O–H groups in total. The van der Waals surface area contributed by atoms with Gasteiger partial charge in [0.2, 0.25) is 0 Å². The second-order valence-electron chi connectivity index (χ2n) is 13.0. The fourth-order valence-electron chi connectivity index (χ4n) is 11.9. The summed E-state index contributed by atoms with van der Waals surface area (Å²) < 4.78 is 46.1. The van der Waals surface area contributed by atoms with Gasteiger partial charge in [-0.05, 0) is 0 Å². The second kappa shape index (κ2) is 6.43. The summed E-state index contributed by atoms with van der Waals surface area (Å²) in [6, 6.07) is 0. The molecule has 0 aromatic carbocycles. The number of hydrogen-bond donors (Lipinski definition) is 0. The Kier molecular flexibility index (Phi) is 4.25. The summed E-state index contributed by atoms with van der Waals surface area (Å²) in [5.74, 6) is 2.51. The molecule has 0 unspecified atom stereocenters. The molecule has 0 radical (unpaired) electrons. The topological polar surface area (TPSA) is 0 Å². The molecule has 0 spiro atoms. The van der Waals surface area contributed by atoms with E-state index < -0.39 is 26.4 Å². The van der Waals surface area contributed by atoms with Gasteiger partial charge in [-0.25, -0.2) is 0 Å². The van der Waals surface area contributed by atoms with Gasteiger partial charge in [0.1, 0.15) is 0 Å². The van der Waals surface area contributed by atoms with Gasteiger partial charge in [0.25, 0.3) is 0 Å². The molecule has 7 aliphatic carbocycles. The minimum atomic E-state index is -4.15. The van der Waals surface area contributed by atoms with Gasteiger partial charge in [0, 0.05) is 0 Å². The molecule has 0 heterocycles. The van der Waals surface area contributed by atoms with Gasteiger partial charge >= 0.3 is 190 Å². The Morgan fingerprint density at radius 3 is 1.35 bits per heavy atom. The first kappa shape index (κ1) is 20.5. The minimum absolute atomic E-state index is 0.109. The first-order chi connectivity index (χ1) is 14.8. The summed E-state index contributed by atoms with van der Waals surface area (Å²) in [5, 5.41) is 0. The third kappa shape index (κ3) is 2.38. The van der Waals surface area contributed by atoms with Crippen LogP contribution in [0.15, 0.2) is 21.0 Å². The third-order valence-corrected chi connectivity index (χ3v) is 32.6. The number of allylic oxidation sites excluding steroid dienone is 4. The van der Waals surface area contributed by atoms with Crippen LogP contribution in [0.25, 0.3) is 0 Å². The van der Waals surface area contributed by atoms with E-state index in [9.17, 15) is 13.2 Å². The Bertz CT molecular complexity index is 766. The van der Waals surface area contributed by atoms with E-state index in [1.54, 1.807) is 6.08 Å². The van der Waals surface area contributed by atoms with E-state index in [2.05, 4.69) is 0 Å². The molecule has 6 bridgehead atoms. The first-order valence-electron chi connectivity index (χ1n) is 13.3. The van der Waals surface area contributed by atoms with E-state index in [4.69, 9.17) is 0 Å². The Hall–Kier alpha value is 0.153. The first-order valence-corrected chi connectivity index (χ1v) is 18.2. The van der Waals surface area contributed by atoms with Gasteiger partial charge < -0.3 is 0 Å². The molecule has 0 aliphatic heterocycles. The quantitative estimate of drug-likeness (QED) is 0.354. The number of fused-ring (bicyclic) bond motifs is 6. The maximum atomic E-state index is 14.6. The predicted octanol–water partition coefficient (Wildman–Crippen LogP) is 9.17. The molecule has 7 aliphatic rings. The van der Waals surface area contributed by atoms with Gasteiger partial charge in [-0.1, -0.05) is 0 Å². The summed E-state index contributed by atoms with van der Waals surface area (Å²) in [6.45, 7) is 0. The van der Waals surface area contributed by atoms with Crippen LogP contribution in [0.5, 0.6) is 0 Å². The van der Waals surface area contributed by atoms with Gasteiger partial charge in [0.05, 0.1) is 0 Å². The van der Waals surface area contributed by atoms with Crippen LogP contribution in [0.3, 0.4) is 0 Å². The Morgan fingerprint density at radius 2 is 1.06 bits per heavy atom. The average Bonchev–Trinajstić information content (AvgIpc) is 3.59. The summed E-state index contributed by atoms with van der Waals surface area (Å²) >= 11 is -3.63. The van der Waals surface area contributed by atoms with Crippen LogP contribution in [-0.2, 0) is 20.3 Å². The van der Waals surface area contributed by atoms with E-state index in [-0.39, 0.29) is 5.57 Å². The van der Waals surface area contributed by atoms with Crippen LogP contribution in [0.1, 0.15) is 103 Å². The zero-order chi connectivity index (χ0) is 21.1. The van der Waals surface area contributed by atoms with E-state index >= 15 is 0 Å². The molecule has 7 rings (SSSR count). The van der Waals surface area contributed by atoms with Crippen molar-refractivity contribution in [3.05, 3.63) is 21.0 Å². The molecule has 0 atom stereocenters. The van der Waals surface area contributed by atoms with Crippen molar-refractivity contribution in [2.75, 3.05) is 0 Å². The molecule has 4 heteroatoms. The fraction of sp³-hybridized carbons (Fsp3) is 0.852. The summed E-state index contributed by atoms with van der Waals surface area (Å²) in [7, 11) is 0. The van der Waals surface area contributed by atoms with Crippen LogP contribution in [0.4, 0.5) is 13.2 Å². The SMILES string of the molecule is FC(F)(F)C1=[C]([Zr]([C]23CCC(CC2)C3)([C]23CCC(CC2)C3)[C]23CCC(CC2)C3)CC=C1. The molecule has 6 fully saturated rings. The van der Waals surface area contributed by atoms with E-state index in [0.717, 1.165) is 21.0 Å². The van der Waals surface area contributed by atoms with Crippen molar-refractivity contribution in [2.45, 2.75) is 118 Å². The molecule has 0 nitrogen and oxygen atoms in total. The van der Waals surface area contributed by atoms with Gasteiger partial charge in [-0.2, -0.15) is 0 Å². The third-order valence-electron chi connectivity index (χ3n) is 12.3. The number of alkyl halides is 3. The van der Waals surface area contributed by atoms with Crippen molar-refractivity contribution < 1.29 is 33.4 Å². The monoisotopic (exact) mass is 508 g/mol. The molecule has 0 amide bonds. The zero-order valence-electron chi connectivity index (χ0n) is 18.8. The van der Waals surface area contributed by atoms with Crippen LogP contribution >= 0.6 is 0 Å².